The predicted octanol–water partition coefficient (Wildman–Crippen LogP) is 2.09. The van der Waals surface area contributed by atoms with Crippen molar-refractivity contribution in [1.82, 2.24) is 0 Å². The molecule has 0 bridgehead atoms. The number of benzene rings is 1. The lowest BCUT2D eigenvalue weighted by atomic mass is 10.2. The molecule has 80 valence electrons. The summed E-state index contributed by atoms with van der Waals surface area (Å²) in [6.45, 7) is 0. The number of rotatable bonds is 2. The van der Waals surface area contributed by atoms with Gasteiger partial charge in [-0.2, -0.15) is 0 Å². The van der Waals surface area contributed by atoms with Gasteiger partial charge in [0.15, 0.2) is 0 Å². The number of hydrogen-bond donors (Lipinski definition) is 0. The Morgan fingerprint density at radius 1 is 1.40 bits per heavy atom. The first-order chi connectivity index (χ1) is 7.18. The van der Waals surface area contributed by atoms with Gasteiger partial charge in [-0.15, -0.1) is 11.8 Å². The zero-order valence-electron chi connectivity index (χ0n) is 7.79. The van der Waals surface area contributed by atoms with E-state index in [0.717, 1.165) is 11.3 Å². The smallest absolute Gasteiger partial charge is 0.258 e. The molecule has 0 spiro atoms. The van der Waals surface area contributed by atoms with E-state index in [1.807, 2.05) is 0 Å². The SMILES string of the molecule is O=[N+]([O-])c1ccc(C2SCCS2=O)cc1. The first-order valence-corrected chi connectivity index (χ1v) is 6.85. The predicted molar refractivity (Wildman–Crippen MR) is 61.3 cm³/mol. The monoisotopic (exact) mass is 243 g/mol. The third kappa shape index (κ3) is 2.21. The van der Waals surface area contributed by atoms with E-state index in [4.69, 9.17) is 0 Å². The van der Waals surface area contributed by atoms with Crippen molar-refractivity contribution in [2.75, 3.05) is 11.5 Å². The van der Waals surface area contributed by atoms with Crippen molar-refractivity contribution in [3.63, 3.8) is 0 Å². The van der Waals surface area contributed by atoms with Gasteiger partial charge in [-0.05, 0) is 5.56 Å². The fourth-order valence-corrected chi connectivity index (χ4v) is 4.89. The number of nitrogens with zero attached hydrogens (tertiary/aromatic N) is 1. The maximum Gasteiger partial charge on any atom is 0.269 e. The van der Waals surface area contributed by atoms with Crippen LogP contribution in [0, 0.1) is 10.1 Å². The van der Waals surface area contributed by atoms with Gasteiger partial charge in [0.05, 0.1) is 4.92 Å². The first kappa shape index (κ1) is 10.6. The molecule has 1 aliphatic rings. The standard InChI is InChI=1S/C9H9NO3S2/c11-10(12)8-3-1-7(2-4-8)9-14-5-6-15(9)13/h1-4,9H,5-6H2. The van der Waals surface area contributed by atoms with E-state index >= 15 is 0 Å². The van der Waals surface area contributed by atoms with E-state index in [0.29, 0.717) is 5.75 Å². The van der Waals surface area contributed by atoms with Gasteiger partial charge in [-0.25, -0.2) is 0 Å². The quantitative estimate of drug-likeness (QED) is 0.589. The van der Waals surface area contributed by atoms with Gasteiger partial charge in [0.2, 0.25) is 0 Å². The highest BCUT2D eigenvalue weighted by molar-refractivity contribution is 8.13. The molecular weight excluding hydrogens is 234 g/mol. The Morgan fingerprint density at radius 3 is 2.53 bits per heavy atom. The maximum atomic E-state index is 11.5. The Balaban J connectivity index is 2.23. The lowest BCUT2D eigenvalue weighted by Gasteiger charge is -2.06. The summed E-state index contributed by atoms with van der Waals surface area (Å²) in [7, 11) is -0.836. The minimum absolute atomic E-state index is 0.00851. The van der Waals surface area contributed by atoms with Crippen molar-refractivity contribution in [2.24, 2.45) is 0 Å². The zero-order chi connectivity index (χ0) is 10.8. The summed E-state index contributed by atoms with van der Waals surface area (Å²) in [5.74, 6) is 1.61. The second-order valence-corrected chi connectivity index (χ2v) is 6.29. The van der Waals surface area contributed by atoms with Gasteiger partial charge in [-0.1, -0.05) is 12.1 Å². The largest absolute Gasteiger partial charge is 0.269 e. The van der Waals surface area contributed by atoms with Gasteiger partial charge in [0.25, 0.3) is 5.69 Å². The zero-order valence-corrected chi connectivity index (χ0v) is 9.42. The van der Waals surface area contributed by atoms with E-state index < -0.39 is 15.7 Å². The lowest BCUT2D eigenvalue weighted by molar-refractivity contribution is -0.384. The molecule has 0 amide bonds. The Bertz CT molecular complexity index is 404. The molecule has 0 aromatic heterocycles. The maximum absolute atomic E-state index is 11.5. The molecule has 0 saturated carbocycles. The van der Waals surface area contributed by atoms with Crippen molar-refractivity contribution in [3.05, 3.63) is 39.9 Å². The van der Waals surface area contributed by atoms with Gasteiger partial charge < -0.3 is 0 Å². The summed E-state index contributed by atoms with van der Waals surface area (Å²) in [5, 5.41) is 10.4. The van der Waals surface area contributed by atoms with Gasteiger partial charge in [0.1, 0.15) is 4.58 Å². The Labute approximate surface area is 93.7 Å². The van der Waals surface area contributed by atoms with Crippen molar-refractivity contribution in [1.29, 1.82) is 0 Å². The summed E-state index contributed by atoms with van der Waals surface area (Å²) in [6, 6.07) is 6.31. The molecule has 1 heterocycles. The summed E-state index contributed by atoms with van der Waals surface area (Å²) in [6.07, 6.45) is 0. The molecular formula is C9H9NO3S2. The molecule has 2 rings (SSSR count). The number of thioether (sulfide) groups is 1. The summed E-state index contributed by atoms with van der Waals surface area (Å²) >= 11 is 1.65. The van der Waals surface area contributed by atoms with Crippen LogP contribution in [0.15, 0.2) is 24.3 Å². The topological polar surface area (TPSA) is 60.2 Å². The van der Waals surface area contributed by atoms with Gasteiger partial charge >= 0.3 is 0 Å². The van der Waals surface area contributed by atoms with Crippen molar-refractivity contribution >= 4 is 28.2 Å². The van der Waals surface area contributed by atoms with Crippen LogP contribution in [0.3, 0.4) is 0 Å². The van der Waals surface area contributed by atoms with E-state index in [1.54, 1.807) is 23.9 Å². The summed E-state index contributed by atoms with van der Waals surface area (Å²) in [5.41, 5.74) is 0.994. The van der Waals surface area contributed by atoms with Crippen LogP contribution in [0.25, 0.3) is 0 Å². The Hall–Kier alpha value is -0.880. The normalized spacial score (nSPS) is 25.3. The van der Waals surface area contributed by atoms with Gasteiger partial charge in [0, 0.05) is 34.4 Å². The van der Waals surface area contributed by atoms with Crippen LogP contribution in [0.1, 0.15) is 10.1 Å². The third-order valence-electron chi connectivity index (χ3n) is 2.17. The molecule has 1 aromatic carbocycles. The molecule has 1 aromatic rings. The summed E-state index contributed by atoms with van der Waals surface area (Å²) in [4.78, 5) is 10.0. The van der Waals surface area contributed by atoms with E-state index in [2.05, 4.69) is 0 Å². The minimum Gasteiger partial charge on any atom is -0.258 e. The third-order valence-corrected chi connectivity index (χ3v) is 5.85. The van der Waals surface area contributed by atoms with Crippen LogP contribution in [0.2, 0.25) is 0 Å². The van der Waals surface area contributed by atoms with Crippen LogP contribution >= 0.6 is 11.8 Å². The van der Waals surface area contributed by atoms with Crippen molar-refractivity contribution in [2.45, 2.75) is 4.58 Å². The van der Waals surface area contributed by atoms with Crippen molar-refractivity contribution < 1.29 is 9.13 Å². The Kier molecular flexibility index (Phi) is 3.06. The fourth-order valence-electron chi connectivity index (χ4n) is 1.42. The van der Waals surface area contributed by atoms with Crippen LogP contribution in [-0.4, -0.2) is 20.6 Å². The van der Waals surface area contributed by atoms with Crippen LogP contribution in [0.4, 0.5) is 5.69 Å². The number of hydrogen-bond acceptors (Lipinski definition) is 4. The Morgan fingerprint density at radius 2 is 2.07 bits per heavy atom. The van der Waals surface area contributed by atoms with Crippen LogP contribution in [0.5, 0.6) is 0 Å². The molecule has 1 fully saturated rings. The van der Waals surface area contributed by atoms with E-state index in [9.17, 15) is 14.3 Å². The van der Waals surface area contributed by atoms with Crippen LogP contribution < -0.4 is 0 Å². The number of non-ortho nitro benzene ring substituents is 1. The molecule has 1 aliphatic heterocycles. The highest BCUT2D eigenvalue weighted by Gasteiger charge is 2.25. The first-order valence-electron chi connectivity index (χ1n) is 4.41. The summed E-state index contributed by atoms with van der Waals surface area (Å²) < 4.78 is 11.5. The number of nitro benzene ring substituents is 1. The van der Waals surface area contributed by atoms with E-state index in [-0.39, 0.29) is 10.3 Å². The molecule has 2 unspecified atom stereocenters. The van der Waals surface area contributed by atoms with Crippen LogP contribution in [-0.2, 0) is 10.8 Å². The number of nitro groups is 1. The second kappa shape index (κ2) is 4.32. The lowest BCUT2D eigenvalue weighted by Crippen LogP contribution is -1.98. The van der Waals surface area contributed by atoms with E-state index in [1.165, 1.54) is 12.1 Å². The average molecular weight is 243 g/mol. The van der Waals surface area contributed by atoms with Gasteiger partial charge in [-0.3, -0.25) is 14.3 Å². The molecule has 1 saturated heterocycles. The average Bonchev–Trinajstić information content (AvgIpc) is 2.65. The molecule has 0 N–H and O–H groups in total. The second-order valence-electron chi connectivity index (χ2n) is 3.14. The molecule has 4 nitrogen and oxygen atoms in total. The highest BCUT2D eigenvalue weighted by atomic mass is 32.2. The molecule has 0 aliphatic carbocycles. The molecule has 2 atom stereocenters. The molecule has 0 radical (unpaired) electrons. The molecule has 6 heteroatoms. The highest BCUT2D eigenvalue weighted by Crippen LogP contribution is 2.38. The van der Waals surface area contributed by atoms with Crippen molar-refractivity contribution in [3.8, 4) is 0 Å². The fraction of sp³-hybridized carbons (Fsp3) is 0.333. The minimum atomic E-state index is -0.836. The molecule has 15 heavy (non-hydrogen) atoms.